The monoisotopic (exact) mass is 482 g/mol. The number of imide groups is 2. The molecule has 3 fully saturated rings. The molecule has 1 atom stereocenters. The Bertz CT molecular complexity index is 1010. The predicted molar refractivity (Wildman–Crippen MR) is 129 cm³/mol. The van der Waals surface area contributed by atoms with Crippen LogP contribution in [-0.2, 0) is 14.3 Å². The Balaban J connectivity index is 1.18. The molecule has 4 heterocycles. The van der Waals surface area contributed by atoms with Crippen molar-refractivity contribution in [1.82, 2.24) is 15.1 Å². The molecule has 4 amide bonds. The molecular weight excluding hydrogens is 448 g/mol. The number of hydrogen-bond acceptors (Lipinski definition) is 7. The molecule has 0 radical (unpaired) electrons. The van der Waals surface area contributed by atoms with E-state index in [-0.39, 0.29) is 24.9 Å². The maximum atomic E-state index is 13.1. The van der Waals surface area contributed by atoms with Crippen LogP contribution in [-0.4, -0.2) is 84.4 Å². The van der Waals surface area contributed by atoms with Crippen LogP contribution in [0.25, 0.3) is 0 Å². The quantitative estimate of drug-likeness (QED) is 0.619. The first-order valence-electron chi connectivity index (χ1n) is 12.9. The molecule has 0 aliphatic carbocycles. The van der Waals surface area contributed by atoms with Crippen LogP contribution in [0.1, 0.15) is 72.6 Å². The van der Waals surface area contributed by atoms with Crippen LogP contribution in [0.15, 0.2) is 18.2 Å². The number of piperidine rings is 3. The Morgan fingerprint density at radius 1 is 0.886 bits per heavy atom. The van der Waals surface area contributed by atoms with Crippen molar-refractivity contribution in [2.24, 2.45) is 0 Å². The van der Waals surface area contributed by atoms with Gasteiger partial charge < -0.3 is 14.5 Å². The fourth-order valence-corrected chi connectivity index (χ4v) is 5.76. The third-order valence-electron chi connectivity index (χ3n) is 7.69. The van der Waals surface area contributed by atoms with Gasteiger partial charge in [0.25, 0.3) is 11.8 Å². The van der Waals surface area contributed by atoms with Gasteiger partial charge in [0.2, 0.25) is 11.8 Å². The molecule has 0 saturated carbocycles. The smallest absolute Gasteiger partial charge is 0.262 e. The Morgan fingerprint density at radius 3 is 2.20 bits per heavy atom. The van der Waals surface area contributed by atoms with Crippen LogP contribution in [0.4, 0.5) is 5.69 Å². The lowest BCUT2D eigenvalue weighted by molar-refractivity contribution is -0.136. The molecule has 9 nitrogen and oxygen atoms in total. The molecule has 1 aromatic carbocycles. The summed E-state index contributed by atoms with van der Waals surface area (Å²) in [6.45, 7) is 7.29. The number of carbonyl (C=O) groups excluding carboxylic acids is 4. The number of carbonyl (C=O) groups is 4. The van der Waals surface area contributed by atoms with Gasteiger partial charge in [0.15, 0.2) is 0 Å². The number of ether oxygens (including phenoxy) is 1. The molecule has 1 aromatic rings. The molecule has 4 aliphatic heterocycles. The molecule has 35 heavy (non-hydrogen) atoms. The first-order valence-corrected chi connectivity index (χ1v) is 12.9. The zero-order chi connectivity index (χ0) is 24.5. The van der Waals surface area contributed by atoms with Crippen molar-refractivity contribution in [2.45, 2.75) is 70.1 Å². The highest BCUT2D eigenvalue weighted by Crippen LogP contribution is 2.32. The van der Waals surface area contributed by atoms with Gasteiger partial charge in [-0.05, 0) is 63.3 Å². The molecule has 0 aromatic heterocycles. The Morgan fingerprint density at radius 2 is 1.54 bits per heavy atom. The standard InChI is InChI=1S/C26H34N4O5/c1-2-11-28-12-7-18(8-13-28)35-19-9-14-29(15-10-19)17-3-4-20-21(16-17)26(34)30(25(20)33)22-5-6-23(31)27-24(22)32/h3-4,16,18-19,22H,2,5-15H2,1H3,(H,27,31,32). The molecule has 188 valence electrons. The van der Waals surface area contributed by atoms with Crippen molar-refractivity contribution in [3.63, 3.8) is 0 Å². The normalized spacial score (nSPS) is 24.8. The molecule has 3 saturated heterocycles. The maximum absolute atomic E-state index is 13.1. The molecule has 1 unspecified atom stereocenters. The molecular formula is C26H34N4O5. The number of fused-ring (bicyclic) bond motifs is 1. The lowest BCUT2D eigenvalue weighted by Crippen LogP contribution is -2.54. The highest BCUT2D eigenvalue weighted by molar-refractivity contribution is 6.23. The molecule has 5 rings (SSSR count). The van der Waals surface area contributed by atoms with E-state index in [4.69, 9.17) is 4.74 Å². The van der Waals surface area contributed by atoms with E-state index in [1.165, 1.54) is 13.0 Å². The zero-order valence-electron chi connectivity index (χ0n) is 20.3. The van der Waals surface area contributed by atoms with Crippen LogP contribution in [0.2, 0.25) is 0 Å². The summed E-state index contributed by atoms with van der Waals surface area (Å²) in [6.07, 6.45) is 6.15. The largest absolute Gasteiger partial charge is 0.375 e. The van der Waals surface area contributed by atoms with Gasteiger partial charge in [-0.3, -0.25) is 29.4 Å². The van der Waals surface area contributed by atoms with E-state index in [0.29, 0.717) is 17.2 Å². The van der Waals surface area contributed by atoms with Gasteiger partial charge in [0, 0.05) is 38.3 Å². The fraction of sp³-hybridized carbons (Fsp3) is 0.615. The first-order chi connectivity index (χ1) is 16.9. The number of benzene rings is 1. The van der Waals surface area contributed by atoms with E-state index in [0.717, 1.165) is 62.4 Å². The molecule has 4 aliphatic rings. The average Bonchev–Trinajstić information content (AvgIpc) is 3.10. The average molecular weight is 483 g/mol. The third-order valence-corrected chi connectivity index (χ3v) is 7.69. The van der Waals surface area contributed by atoms with Gasteiger partial charge in [-0.2, -0.15) is 0 Å². The van der Waals surface area contributed by atoms with Crippen molar-refractivity contribution in [3.05, 3.63) is 29.3 Å². The topological polar surface area (TPSA) is 99.3 Å². The van der Waals surface area contributed by atoms with E-state index in [2.05, 4.69) is 22.0 Å². The Labute approximate surface area is 205 Å². The van der Waals surface area contributed by atoms with Crippen molar-refractivity contribution in [1.29, 1.82) is 0 Å². The van der Waals surface area contributed by atoms with E-state index >= 15 is 0 Å². The van der Waals surface area contributed by atoms with Crippen molar-refractivity contribution in [2.75, 3.05) is 37.6 Å². The van der Waals surface area contributed by atoms with Gasteiger partial charge in [-0.15, -0.1) is 0 Å². The zero-order valence-corrected chi connectivity index (χ0v) is 20.3. The summed E-state index contributed by atoms with van der Waals surface area (Å²) in [5.41, 5.74) is 1.55. The number of rotatable bonds is 6. The van der Waals surface area contributed by atoms with Crippen LogP contribution in [0.3, 0.4) is 0 Å². The second kappa shape index (κ2) is 10.1. The van der Waals surface area contributed by atoms with Crippen LogP contribution < -0.4 is 10.2 Å². The SMILES string of the molecule is CCCN1CCC(OC2CCN(c3ccc4c(c3)C(=O)N(C3CCC(=O)NC3=O)C4=O)CC2)CC1. The second-order valence-corrected chi connectivity index (χ2v) is 10.0. The highest BCUT2D eigenvalue weighted by atomic mass is 16.5. The third kappa shape index (κ3) is 4.84. The summed E-state index contributed by atoms with van der Waals surface area (Å²) in [5.74, 6) is -1.90. The molecule has 1 N–H and O–H groups in total. The van der Waals surface area contributed by atoms with Crippen molar-refractivity contribution >= 4 is 29.3 Å². The van der Waals surface area contributed by atoms with Gasteiger partial charge in [0.05, 0.1) is 23.3 Å². The fourth-order valence-electron chi connectivity index (χ4n) is 5.76. The summed E-state index contributed by atoms with van der Waals surface area (Å²) in [5, 5.41) is 2.23. The molecule has 9 heteroatoms. The van der Waals surface area contributed by atoms with E-state index in [1.807, 2.05) is 6.07 Å². The number of hydrogen-bond donors (Lipinski definition) is 1. The van der Waals surface area contributed by atoms with Crippen molar-refractivity contribution < 1.29 is 23.9 Å². The maximum Gasteiger partial charge on any atom is 0.262 e. The molecule has 0 bridgehead atoms. The predicted octanol–water partition coefficient (Wildman–Crippen LogP) is 1.95. The highest BCUT2D eigenvalue weighted by Gasteiger charge is 2.44. The second-order valence-electron chi connectivity index (χ2n) is 10.0. The number of anilines is 1. The minimum atomic E-state index is -0.940. The van der Waals surface area contributed by atoms with Gasteiger partial charge in [-0.25, -0.2) is 0 Å². The summed E-state index contributed by atoms with van der Waals surface area (Å²) in [4.78, 5) is 55.5. The first kappa shape index (κ1) is 23.9. The van der Waals surface area contributed by atoms with Crippen LogP contribution >= 0.6 is 0 Å². The van der Waals surface area contributed by atoms with Gasteiger partial charge in [0.1, 0.15) is 6.04 Å². The minimum absolute atomic E-state index is 0.115. The lowest BCUT2D eigenvalue weighted by Gasteiger charge is -2.38. The van der Waals surface area contributed by atoms with Crippen LogP contribution in [0, 0.1) is 0 Å². The molecule has 0 spiro atoms. The van der Waals surface area contributed by atoms with Gasteiger partial charge in [-0.1, -0.05) is 6.92 Å². The summed E-state index contributed by atoms with van der Waals surface area (Å²) < 4.78 is 6.43. The number of nitrogens with one attached hydrogen (secondary N) is 1. The van der Waals surface area contributed by atoms with Gasteiger partial charge >= 0.3 is 0 Å². The number of nitrogens with zero attached hydrogens (tertiary/aromatic N) is 3. The summed E-state index contributed by atoms with van der Waals surface area (Å²) in [6, 6.07) is 4.39. The number of amides is 4. The summed E-state index contributed by atoms with van der Waals surface area (Å²) in [7, 11) is 0. The number of likely N-dealkylation sites (tertiary alicyclic amines) is 1. The Kier molecular flexibility index (Phi) is 6.88. The minimum Gasteiger partial charge on any atom is -0.375 e. The van der Waals surface area contributed by atoms with E-state index in [1.54, 1.807) is 12.1 Å². The van der Waals surface area contributed by atoms with E-state index < -0.39 is 23.8 Å². The Hall–Kier alpha value is -2.78. The van der Waals surface area contributed by atoms with E-state index in [9.17, 15) is 19.2 Å². The lowest BCUT2D eigenvalue weighted by atomic mass is 10.0. The summed E-state index contributed by atoms with van der Waals surface area (Å²) >= 11 is 0. The van der Waals surface area contributed by atoms with Crippen LogP contribution in [0.5, 0.6) is 0 Å². The van der Waals surface area contributed by atoms with Crippen molar-refractivity contribution in [3.8, 4) is 0 Å².